The van der Waals surface area contributed by atoms with E-state index in [1.807, 2.05) is 0 Å². The number of rotatable bonds is 3. The zero-order valence-electron chi connectivity index (χ0n) is 11.0. The number of nitrogens with two attached hydrogens (primary N) is 1. The number of hydrogen-bond acceptors (Lipinski definition) is 6. The van der Waals surface area contributed by atoms with Crippen LogP contribution in [0, 0.1) is 5.82 Å². The Hall–Kier alpha value is -2.70. The van der Waals surface area contributed by atoms with Crippen molar-refractivity contribution in [3.63, 3.8) is 0 Å². The molecule has 7 heteroatoms. The average molecular weight is 288 g/mol. The minimum absolute atomic E-state index is 0.00639. The number of carbonyl (C=O) groups excluding carboxylic acids is 1. The number of nitrogens with one attached hydrogen (secondary N) is 1. The Morgan fingerprint density at radius 2 is 2.00 bits per heavy atom. The third kappa shape index (κ3) is 2.91. The second kappa shape index (κ2) is 5.35. The number of carbonyl (C=O) groups is 1. The van der Waals surface area contributed by atoms with Gasteiger partial charge in [-0.05, 0) is 40.3 Å². The highest BCUT2D eigenvalue weighted by molar-refractivity contribution is 5.92. The van der Waals surface area contributed by atoms with Crippen LogP contribution in [0.3, 0.4) is 0 Å². The number of nitrogens with zero attached hydrogens (tertiary/aromatic N) is 2. The number of nitrogen functional groups attached to an aromatic ring is 1. The Morgan fingerprint density at radius 3 is 2.67 bits per heavy atom. The molecule has 108 valence electrons. The van der Waals surface area contributed by atoms with E-state index in [-0.39, 0.29) is 29.2 Å². The molecule has 0 saturated heterocycles. The Kier molecular flexibility index (Phi) is 3.39. The molecule has 2 aromatic rings. The van der Waals surface area contributed by atoms with E-state index in [9.17, 15) is 9.18 Å². The molecule has 1 aromatic carbocycles. The maximum Gasteiger partial charge on any atom is 0.219 e. The van der Waals surface area contributed by atoms with Gasteiger partial charge in [0.2, 0.25) is 11.6 Å². The van der Waals surface area contributed by atoms with Crippen LogP contribution in [0.5, 0.6) is 0 Å². The summed E-state index contributed by atoms with van der Waals surface area (Å²) in [5.74, 6) is 0.108. The van der Waals surface area contributed by atoms with Crippen molar-refractivity contribution >= 4 is 17.4 Å². The average Bonchev–Trinajstić information content (AvgIpc) is 2.84. The molecule has 6 nitrogen and oxygen atoms in total. The number of benzene rings is 1. The summed E-state index contributed by atoms with van der Waals surface area (Å²) in [6.45, 7) is 0. The standard InChI is InChI=1S/C14H13FN4O2/c15-10-3-1-8(2-4-10)9-5-11(7-12(20)6-9)17-14-13(16)18-21-19-14/h1-4,7,9H,5-6H2,(H2,16,18)(H,17,19). The van der Waals surface area contributed by atoms with Crippen LogP contribution in [0.4, 0.5) is 16.0 Å². The summed E-state index contributed by atoms with van der Waals surface area (Å²) < 4.78 is 17.5. The lowest BCUT2D eigenvalue weighted by Crippen LogP contribution is -2.17. The topological polar surface area (TPSA) is 94.0 Å². The van der Waals surface area contributed by atoms with Gasteiger partial charge in [0.15, 0.2) is 5.78 Å². The van der Waals surface area contributed by atoms with E-state index in [0.717, 1.165) is 5.56 Å². The van der Waals surface area contributed by atoms with Crippen LogP contribution in [-0.2, 0) is 4.79 Å². The molecule has 3 N–H and O–H groups in total. The van der Waals surface area contributed by atoms with Crippen molar-refractivity contribution in [3.05, 3.63) is 47.4 Å². The number of allylic oxidation sites excluding steroid dienone is 2. The number of halogens is 1. The number of hydrogen-bond donors (Lipinski definition) is 2. The predicted molar refractivity (Wildman–Crippen MR) is 73.8 cm³/mol. The monoisotopic (exact) mass is 288 g/mol. The quantitative estimate of drug-likeness (QED) is 0.899. The lowest BCUT2D eigenvalue weighted by atomic mass is 9.85. The third-order valence-corrected chi connectivity index (χ3v) is 3.38. The Bertz CT molecular complexity index is 693. The highest BCUT2D eigenvalue weighted by Gasteiger charge is 2.23. The molecule has 1 aliphatic carbocycles. The minimum Gasteiger partial charge on any atom is -0.378 e. The van der Waals surface area contributed by atoms with E-state index < -0.39 is 0 Å². The summed E-state index contributed by atoms with van der Waals surface area (Å²) >= 11 is 0. The van der Waals surface area contributed by atoms with Gasteiger partial charge in [-0.2, -0.15) is 0 Å². The molecule has 1 unspecified atom stereocenters. The summed E-state index contributed by atoms with van der Waals surface area (Å²) in [6, 6.07) is 6.18. The van der Waals surface area contributed by atoms with Gasteiger partial charge in [-0.15, -0.1) is 0 Å². The van der Waals surface area contributed by atoms with Crippen molar-refractivity contribution in [2.24, 2.45) is 0 Å². The first-order valence-electron chi connectivity index (χ1n) is 6.46. The predicted octanol–water partition coefficient (Wildman–Crippen LogP) is 2.23. The highest BCUT2D eigenvalue weighted by atomic mass is 19.1. The highest BCUT2D eigenvalue weighted by Crippen LogP contribution is 2.32. The molecule has 0 spiro atoms. The molecule has 1 heterocycles. The van der Waals surface area contributed by atoms with Gasteiger partial charge in [-0.25, -0.2) is 9.02 Å². The molecule has 0 aliphatic heterocycles. The van der Waals surface area contributed by atoms with Crippen LogP contribution >= 0.6 is 0 Å². The van der Waals surface area contributed by atoms with E-state index in [0.29, 0.717) is 18.5 Å². The summed E-state index contributed by atoms with van der Waals surface area (Å²) in [7, 11) is 0. The van der Waals surface area contributed by atoms with E-state index in [2.05, 4.69) is 20.3 Å². The van der Waals surface area contributed by atoms with Gasteiger partial charge >= 0.3 is 0 Å². The Labute approximate surface area is 119 Å². The lowest BCUT2D eigenvalue weighted by molar-refractivity contribution is -0.115. The molecule has 1 aromatic heterocycles. The first-order chi connectivity index (χ1) is 10.1. The first kappa shape index (κ1) is 13.3. The van der Waals surface area contributed by atoms with Crippen molar-refractivity contribution < 1.29 is 13.8 Å². The molecule has 1 atom stereocenters. The summed E-state index contributed by atoms with van der Waals surface area (Å²) in [5.41, 5.74) is 7.17. The fourth-order valence-corrected chi connectivity index (χ4v) is 2.38. The lowest BCUT2D eigenvalue weighted by Gasteiger charge is -2.22. The molecule has 3 rings (SSSR count). The van der Waals surface area contributed by atoms with Crippen molar-refractivity contribution in [1.82, 2.24) is 10.3 Å². The van der Waals surface area contributed by atoms with Crippen LogP contribution in [0.2, 0.25) is 0 Å². The van der Waals surface area contributed by atoms with Crippen molar-refractivity contribution in [2.45, 2.75) is 18.8 Å². The maximum absolute atomic E-state index is 13.0. The Balaban J connectivity index is 1.79. The second-order valence-corrected chi connectivity index (χ2v) is 4.92. The van der Waals surface area contributed by atoms with Gasteiger partial charge in [-0.3, -0.25) is 4.79 Å². The molecule has 0 bridgehead atoms. The van der Waals surface area contributed by atoms with Gasteiger partial charge in [0.25, 0.3) is 0 Å². The van der Waals surface area contributed by atoms with Crippen LogP contribution in [0.1, 0.15) is 24.3 Å². The molecular formula is C14H13FN4O2. The normalized spacial score (nSPS) is 18.4. The van der Waals surface area contributed by atoms with E-state index >= 15 is 0 Å². The molecule has 21 heavy (non-hydrogen) atoms. The second-order valence-electron chi connectivity index (χ2n) is 4.92. The van der Waals surface area contributed by atoms with Crippen LogP contribution in [0.25, 0.3) is 0 Å². The van der Waals surface area contributed by atoms with Crippen molar-refractivity contribution in [1.29, 1.82) is 0 Å². The van der Waals surface area contributed by atoms with Crippen LogP contribution in [-0.4, -0.2) is 16.1 Å². The van der Waals surface area contributed by atoms with E-state index in [1.54, 1.807) is 12.1 Å². The van der Waals surface area contributed by atoms with Crippen molar-refractivity contribution in [3.8, 4) is 0 Å². The largest absolute Gasteiger partial charge is 0.378 e. The van der Waals surface area contributed by atoms with Gasteiger partial charge in [0, 0.05) is 18.2 Å². The SMILES string of the molecule is Nc1nonc1NC1=CC(=O)CC(c2ccc(F)cc2)C1. The van der Waals surface area contributed by atoms with E-state index in [1.165, 1.54) is 18.2 Å². The summed E-state index contributed by atoms with van der Waals surface area (Å²) in [4.78, 5) is 11.9. The van der Waals surface area contributed by atoms with Crippen LogP contribution in [0.15, 0.2) is 40.7 Å². The third-order valence-electron chi connectivity index (χ3n) is 3.38. The first-order valence-corrected chi connectivity index (χ1v) is 6.46. The zero-order valence-corrected chi connectivity index (χ0v) is 11.0. The summed E-state index contributed by atoms with van der Waals surface area (Å²) in [5, 5.41) is 10.0. The number of anilines is 2. The fraction of sp³-hybridized carbons (Fsp3) is 0.214. The Morgan fingerprint density at radius 1 is 1.24 bits per heavy atom. The number of aromatic nitrogens is 2. The molecule has 0 saturated carbocycles. The molecule has 0 fully saturated rings. The molecule has 1 aliphatic rings. The maximum atomic E-state index is 13.0. The van der Waals surface area contributed by atoms with Crippen LogP contribution < -0.4 is 11.1 Å². The summed E-state index contributed by atoms with van der Waals surface area (Å²) in [6.07, 6.45) is 2.52. The van der Waals surface area contributed by atoms with Gasteiger partial charge in [0.1, 0.15) is 5.82 Å². The smallest absolute Gasteiger partial charge is 0.219 e. The molecule has 0 amide bonds. The van der Waals surface area contributed by atoms with Gasteiger partial charge < -0.3 is 11.1 Å². The fourth-order valence-electron chi connectivity index (χ4n) is 2.38. The van der Waals surface area contributed by atoms with Crippen molar-refractivity contribution in [2.75, 3.05) is 11.1 Å². The van der Waals surface area contributed by atoms with Gasteiger partial charge in [-0.1, -0.05) is 12.1 Å². The zero-order chi connectivity index (χ0) is 14.8. The molecular weight excluding hydrogens is 275 g/mol. The molecule has 0 radical (unpaired) electrons. The minimum atomic E-state index is -0.295. The number of ketones is 1. The van der Waals surface area contributed by atoms with E-state index in [4.69, 9.17) is 5.73 Å². The van der Waals surface area contributed by atoms with Gasteiger partial charge in [0.05, 0.1) is 0 Å².